The number of aliphatic carboxylic acids is 1. The molecule has 1 heterocycles. The molecule has 0 bridgehead atoms. The largest absolute Gasteiger partial charge is 0.481 e. The van der Waals surface area contributed by atoms with Crippen LogP contribution in [0, 0.1) is 11.3 Å². The van der Waals surface area contributed by atoms with Gasteiger partial charge in [-0.05, 0) is 39.2 Å². The summed E-state index contributed by atoms with van der Waals surface area (Å²) in [6, 6.07) is 0. The highest BCUT2D eigenvalue weighted by Crippen LogP contribution is 2.33. The van der Waals surface area contributed by atoms with Gasteiger partial charge in [0, 0.05) is 20.2 Å². The molecule has 94 valence electrons. The number of carboxylic acids is 1. The molecule has 0 spiro atoms. The van der Waals surface area contributed by atoms with E-state index in [2.05, 4.69) is 4.90 Å². The van der Waals surface area contributed by atoms with Gasteiger partial charge in [0.15, 0.2) is 0 Å². The lowest BCUT2D eigenvalue weighted by atomic mass is 9.74. The molecule has 1 saturated heterocycles. The Morgan fingerprint density at radius 3 is 2.81 bits per heavy atom. The van der Waals surface area contributed by atoms with Crippen LogP contribution in [-0.2, 0) is 9.53 Å². The summed E-state index contributed by atoms with van der Waals surface area (Å²) in [5, 5.41) is 9.21. The van der Waals surface area contributed by atoms with E-state index in [0.717, 1.165) is 39.1 Å². The van der Waals surface area contributed by atoms with Crippen LogP contribution in [0.25, 0.3) is 0 Å². The van der Waals surface area contributed by atoms with Crippen molar-refractivity contribution in [1.82, 2.24) is 4.90 Å². The smallest absolute Gasteiger partial charge is 0.309 e. The van der Waals surface area contributed by atoms with Crippen molar-refractivity contribution >= 4 is 5.97 Å². The molecule has 0 saturated carbocycles. The molecule has 16 heavy (non-hydrogen) atoms. The zero-order chi connectivity index (χ0) is 12.2. The molecule has 4 nitrogen and oxygen atoms in total. The molecule has 0 aromatic carbocycles. The molecular formula is C12H23NO3. The van der Waals surface area contributed by atoms with Gasteiger partial charge in [-0.2, -0.15) is 0 Å². The Kier molecular flexibility index (Phi) is 4.74. The van der Waals surface area contributed by atoms with Crippen LogP contribution in [0.3, 0.4) is 0 Å². The molecule has 0 radical (unpaired) electrons. The van der Waals surface area contributed by atoms with Crippen molar-refractivity contribution < 1.29 is 14.6 Å². The minimum atomic E-state index is -0.689. The minimum absolute atomic E-state index is 0.246. The molecule has 0 aromatic rings. The first-order valence-corrected chi connectivity index (χ1v) is 5.93. The number of hydrogen-bond acceptors (Lipinski definition) is 3. The fourth-order valence-corrected chi connectivity index (χ4v) is 2.24. The van der Waals surface area contributed by atoms with Crippen LogP contribution in [0.2, 0.25) is 0 Å². The second-order valence-electron chi connectivity index (χ2n) is 5.16. The fraction of sp³-hybridized carbons (Fsp3) is 0.917. The number of carboxylic acid groups (broad SMARTS) is 1. The summed E-state index contributed by atoms with van der Waals surface area (Å²) >= 11 is 0. The van der Waals surface area contributed by atoms with Gasteiger partial charge in [0.05, 0.1) is 12.0 Å². The number of piperidine rings is 1. The number of rotatable bonds is 5. The molecule has 1 aliphatic rings. The number of ether oxygens (including phenoxy) is 1. The maximum absolute atomic E-state index is 11.2. The first-order chi connectivity index (χ1) is 7.48. The Balaban J connectivity index is 2.53. The van der Waals surface area contributed by atoms with Gasteiger partial charge in [0.1, 0.15) is 0 Å². The van der Waals surface area contributed by atoms with E-state index in [4.69, 9.17) is 4.74 Å². The second-order valence-corrected chi connectivity index (χ2v) is 5.16. The summed E-state index contributed by atoms with van der Waals surface area (Å²) in [5.74, 6) is -0.443. The molecule has 0 amide bonds. The Morgan fingerprint density at radius 2 is 2.25 bits per heavy atom. The number of carbonyl (C=O) groups is 1. The normalized spacial score (nSPS) is 23.3. The molecule has 4 heteroatoms. The zero-order valence-corrected chi connectivity index (χ0v) is 10.5. The van der Waals surface area contributed by atoms with E-state index in [-0.39, 0.29) is 5.92 Å². The summed E-state index contributed by atoms with van der Waals surface area (Å²) < 4.78 is 5.05. The van der Waals surface area contributed by atoms with Gasteiger partial charge < -0.3 is 14.7 Å². The molecule has 1 rings (SSSR count). The topological polar surface area (TPSA) is 49.8 Å². The summed E-state index contributed by atoms with van der Waals surface area (Å²) in [5.41, 5.74) is -0.619. The first-order valence-electron chi connectivity index (χ1n) is 5.93. The molecule has 1 N–H and O–H groups in total. The summed E-state index contributed by atoms with van der Waals surface area (Å²) in [4.78, 5) is 13.5. The standard InChI is InChI=1S/C12H23NO3/c1-12(2,11(14)15)10-5-4-6-13(9-10)7-8-16-3/h10H,4-9H2,1-3H3,(H,14,15). The van der Waals surface area contributed by atoms with Crippen LogP contribution >= 0.6 is 0 Å². The first kappa shape index (κ1) is 13.5. The lowest BCUT2D eigenvalue weighted by Crippen LogP contribution is -2.45. The van der Waals surface area contributed by atoms with Crippen molar-refractivity contribution in [3.63, 3.8) is 0 Å². The van der Waals surface area contributed by atoms with E-state index in [1.54, 1.807) is 7.11 Å². The molecule has 1 atom stereocenters. The van der Waals surface area contributed by atoms with E-state index in [1.165, 1.54) is 0 Å². The van der Waals surface area contributed by atoms with Crippen LogP contribution < -0.4 is 0 Å². The molecule has 0 aliphatic carbocycles. The van der Waals surface area contributed by atoms with Crippen molar-refractivity contribution in [1.29, 1.82) is 0 Å². The van der Waals surface area contributed by atoms with Gasteiger partial charge in [0.2, 0.25) is 0 Å². The molecular weight excluding hydrogens is 206 g/mol. The Morgan fingerprint density at radius 1 is 1.56 bits per heavy atom. The highest BCUT2D eigenvalue weighted by Gasteiger charge is 2.38. The van der Waals surface area contributed by atoms with Crippen molar-refractivity contribution in [2.75, 3.05) is 33.4 Å². The minimum Gasteiger partial charge on any atom is -0.481 e. The van der Waals surface area contributed by atoms with E-state index >= 15 is 0 Å². The quantitative estimate of drug-likeness (QED) is 0.775. The summed E-state index contributed by atoms with van der Waals surface area (Å²) in [6.07, 6.45) is 2.11. The zero-order valence-electron chi connectivity index (χ0n) is 10.5. The van der Waals surface area contributed by atoms with Crippen LogP contribution in [0.1, 0.15) is 26.7 Å². The van der Waals surface area contributed by atoms with Crippen molar-refractivity contribution in [2.45, 2.75) is 26.7 Å². The predicted molar refractivity (Wildman–Crippen MR) is 62.5 cm³/mol. The van der Waals surface area contributed by atoms with Gasteiger partial charge in [-0.1, -0.05) is 0 Å². The van der Waals surface area contributed by atoms with Crippen LogP contribution in [-0.4, -0.2) is 49.3 Å². The van der Waals surface area contributed by atoms with E-state index < -0.39 is 11.4 Å². The van der Waals surface area contributed by atoms with E-state index in [9.17, 15) is 9.90 Å². The highest BCUT2D eigenvalue weighted by molar-refractivity contribution is 5.74. The third kappa shape index (κ3) is 3.19. The Labute approximate surface area is 97.6 Å². The van der Waals surface area contributed by atoms with E-state index in [1.807, 2.05) is 13.8 Å². The Hall–Kier alpha value is -0.610. The van der Waals surface area contributed by atoms with E-state index in [0.29, 0.717) is 0 Å². The average Bonchev–Trinajstić information content (AvgIpc) is 2.26. The molecule has 1 unspecified atom stereocenters. The summed E-state index contributed by atoms with van der Waals surface area (Å²) in [7, 11) is 1.70. The number of methoxy groups -OCH3 is 1. The summed E-state index contributed by atoms with van der Waals surface area (Å²) in [6.45, 7) is 7.24. The van der Waals surface area contributed by atoms with Crippen LogP contribution in [0.15, 0.2) is 0 Å². The number of nitrogens with zero attached hydrogens (tertiary/aromatic N) is 1. The van der Waals surface area contributed by atoms with Crippen molar-refractivity contribution in [3.05, 3.63) is 0 Å². The Bertz CT molecular complexity index is 240. The third-order valence-electron chi connectivity index (χ3n) is 3.69. The van der Waals surface area contributed by atoms with Crippen LogP contribution in [0.4, 0.5) is 0 Å². The molecule has 1 fully saturated rings. The maximum atomic E-state index is 11.2. The van der Waals surface area contributed by atoms with Gasteiger partial charge in [0.25, 0.3) is 0 Å². The van der Waals surface area contributed by atoms with Gasteiger partial charge >= 0.3 is 5.97 Å². The third-order valence-corrected chi connectivity index (χ3v) is 3.69. The fourth-order valence-electron chi connectivity index (χ4n) is 2.24. The van der Waals surface area contributed by atoms with Crippen LogP contribution in [0.5, 0.6) is 0 Å². The number of hydrogen-bond donors (Lipinski definition) is 1. The van der Waals surface area contributed by atoms with Gasteiger partial charge in [-0.3, -0.25) is 4.79 Å². The molecule has 1 aliphatic heterocycles. The SMILES string of the molecule is COCCN1CCCC(C(C)(C)C(=O)O)C1. The molecule has 0 aromatic heterocycles. The monoisotopic (exact) mass is 229 g/mol. The van der Waals surface area contributed by atoms with Crippen molar-refractivity contribution in [2.24, 2.45) is 11.3 Å². The lowest BCUT2D eigenvalue weighted by molar-refractivity contribution is -0.151. The predicted octanol–water partition coefficient (Wildman–Crippen LogP) is 1.46. The lowest BCUT2D eigenvalue weighted by Gasteiger charge is -2.39. The highest BCUT2D eigenvalue weighted by atomic mass is 16.5. The number of likely N-dealkylation sites (tertiary alicyclic amines) is 1. The second kappa shape index (κ2) is 5.64. The maximum Gasteiger partial charge on any atom is 0.309 e. The van der Waals surface area contributed by atoms with Crippen molar-refractivity contribution in [3.8, 4) is 0 Å². The average molecular weight is 229 g/mol. The van der Waals surface area contributed by atoms with Gasteiger partial charge in [-0.15, -0.1) is 0 Å². The van der Waals surface area contributed by atoms with Gasteiger partial charge in [-0.25, -0.2) is 0 Å².